The van der Waals surface area contributed by atoms with Gasteiger partial charge in [0, 0.05) is 0 Å². The number of unbranched alkanes of at least 4 members (excludes halogenated alkanes) is 16. The predicted molar refractivity (Wildman–Crippen MR) is 200 cm³/mol. The second kappa shape index (κ2) is 22.6. The molecule has 0 saturated heterocycles. The third-order valence-corrected chi connectivity index (χ3v) is 9.99. The van der Waals surface area contributed by atoms with E-state index in [1.165, 1.54) is 156 Å². The average molecular weight is 601 g/mol. The number of allylic oxidation sites excluding steroid dienone is 1. The lowest BCUT2D eigenvalue weighted by Crippen LogP contribution is -2.11. The Labute approximate surface area is 275 Å². The molecule has 0 amide bonds. The van der Waals surface area contributed by atoms with Crippen LogP contribution in [0.4, 0.5) is 0 Å². The predicted octanol–water partition coefficient (Wildman–Crippen LogP) is 14.5. The lowest BCUT2D eigenvalue weighted by atomic mass is 9.85. The summed E-state index contributed by atoms with van der Waals surface area (Å²) in [4.78, 5) is 0. The number of rotatable bonds is 25. The molecule has 0 heteroatoms. The van der Waals surface area contributed by atoms with Crippen molar-refractivity contribution in [3.05, 3.63) is 77.4 Å². The van der Waals surface area contributed by atoms with Crippen LogP contribution in [0.2, 0.25) is 0 Å². The standard InChI is InChI=1S/C44H72/c1-8-9-10-11-12-13-14-15-16-17-18-19-20-21-22-23-24-25-40-28-32-42(33-29-40)39(4)38(3)27-26-37(2)36-41-30-34-43(35-31-41)44(5,6)7/h28-35,37-38H,4,8-27,36H2,1-3,5-7H3. The first kappa shape index (κ1) is 38.4. The number of benzene rings is 2. The highest BCUT2D eigenvalue weighted by atomic mass is 14.2. The van der Waals surface area contributed by atoms with E-state index in [-0.39, 0.29) is 5.41 Å². The van der Waals surface area contributed by atoms with Crippen molar-refractivity contribution < 1.29 is 0 Å². The van der Waals surface area contributed by atoms with Crippen molar-refractivity contribution in [3.63, 3.8) is 0 Å². The molecule has 0 heterocycles. The fourth-order valence-electron chi connectivity index (χ4n) is 6.58. The lowest BCUT2D eigenvalue weighted by Gasteiger charge is -2.20. The maximum Gasteiger partial charge on any atom is -0.0132 e. The molecule has 0 aliphatic carbocycles. The summed E-state index contributed by atoms with van der Waals surface area (Å²) < 4.78 is 0. The third-order valence-electron chi connectivity index (χ3n) is 9.99. The smallest absolute Gasteiger partial charge is 0.0132 e. The summed E-state index contributed by atoms with van der Waals surface area (Å²) in [7, 11) is 0. The molecule has 2 unspecified atom stereocenters. The van der Waals surface area contributed by atoms with Crippen LogP contribution in [0.25, 0.3) is 5.57 Å². The molecular formula is C44H72. The molecule has 0 spiro atoms. The summed E-state index contributed by atoms with van der Waals surface area (Å²) in [6.45, 7) is 18.4. The van der Waals surface area contributed by atoms with E-state index in [9.17, 15) is 0 Å². The molecule has 0 N–H and O–H groups in total. The molecule has 0 nitrogen and oxygen atoms in total. The zero-order chi connectivity index (χ0) is 32.0. The highest BCUT2D eigenvalue weighted by Crippen LogP contribution is 2.29. The second-order valence-electron chi connectivity index (χ2n) is 15.4. The van der Waals surface area contributed by atoms with Gasteiger partial charge in [0.05, 0.1) is 0 Å². The van der Waals surface area contributed by atoms with Gasteiger partial charge in [-0.15, -0.1) is 0 Å². The second-order valence-corrected chi connectivity index (χ2v) is 15.4. The minimum Gasteiger partial charge on any atom is -0.0950 e. The van der Waals surface area contributed by atoms with Crippen LogP contribution in [0, 0.1) is 11.8 Å². The molecular weight excluding hydrogens is 528 g/mol. The minimum absolute atomic E-state index is 0.226. The van der Waals surface area contributed by atoms with Gasteiger partial charge < -0.3 is 0 Å². The largest absolute Gasteiger partial charge is 0.0950 e. The van der Waals surface area contributed by atoms with Gasteiger partial charge >= 0.3 is 0 Å². The first-order valence-electron chi connectivity index (χ1n) is 19.1. The zero-order valence-electron chi connectivity index (χ0n) is 30.3. The molecule has 0 aliphatic rings. The van der Waals surface area contributed by atoms with Crippen LogP contribution in [0.5, 0.6) is 0 Å². The lowest BCUT2D eigenvalue weighted by molar-refractivity contribution is 0.473. The van der Waals surface area contributed by atoms with Crippen LogP contribution in [0.1, 0.15) is 186 Å². The van der Waals surface area contributed by atoms with Gasteiger partial charge in [-0.25, -0.2) is 0 Å². The van der Waals surface area contributed by atoms with E-state index < -0.39 is 0 Å². The van der Waals surface area contributed by atoms with Crippen LogP contribution in [-0.4, -0.2) is 0 Å². The SMILES string of the molecule is C=C(c1ccc(CCCCCCCCCCCCCCCCCCC)cc1)C(C)CCC(C)Cc1ccc(C(C)(C)C)cc1. The van der Waals surface area contributed by atoms with Crippen molar-refractivity contribution in [3.8, 4) is 0 Å². The van der Waals surface area contributed by atoms with Crippen molar-refractivity contribution in [2.75, 3.05) is 0 Å². The van der Waals surface area contributed by atoms with E-state index in [1.54, 1.807) is 0 Å². The van der Waals surface area contributed by atoms with E-state index in [0.29, 0.717) is 11.8 Å². The third kappa shape index (κ3) is 17.0. The maximum atomic E-state index is 4.50. The summed E-state index contributed by atoms with van der Waals surface area (Å²) in [6.07, 6.45) is 29.2. The zero-order valence-corrected chi connectivity index (χ0v) is 30.3. The van der Waals surface area contributed by atoms with Crippen LogP contribution in [0.3, 0.4) is 0 Å². The van der Waals surface area contributed by atoms with E-state index in [1.807, 2.05) is 0 Å². The normalized spacial score (nSPS) is 13.2. The van der Waals surface area contributed by atoms with Crippen molar-refractivity contribution >= 4 is 5.57 Å². The Kier molecular flexibility index (Phi) is 19.7. The topological polar surface area (TPSA) is 0 Å². The summed E-state index contributed by atoms with van der Waals surface area (Å²) in [5.41, 5.74) is 7.23. The monoisotopic (exact) mass is 601 g/mol. The van der Waals surface area contributed by atoms with Crippen molar-refractivity contribution in [1.82, 2.24) is 0 Å². The van der Waals surface area contributed by atoms with Gasteiger partial charge in [0.2, 0.25) is 0 Å². The molecule has 0 aliphatic heterocycles. The van der Waals surface area contributed by atoms with Crippen LogP contribution in [-0.2, 0) is 18.3 Å². The Bertz CT molecular complexity index is 970. The van der Waals surface area contributed by atoms with E-state index >= 15 is 0 Å². The Morgan fingerprint density at radius 3 is 1.45 bits per heavy atom. The van der Waals surface area contributed by atoms with Gasteiger partial charge in [0.25, 0.3) is 0 Å². The van der Waals surface area contributed by atoms with Crippen molar-refractivity contribution in [1.29, 1.82) is 0 Å². The summed E-state index contributed by atoms with van der Waals surface area (Å²) in [5.74, 6) is 1.22. The molecule has 0 bridgehead atoms. The van der Waals surface area contributed by atoms with Gasteiger partial charge in [0.1, 0.15) is 0 Å². The summed E-state index contributed by atoms with van der Waals surface area (Å²) in [5, 5.41) is 0. The average Bonchev–Trinajstić information content (AvgIpc) is 3.01. The Morgan fingerprint density at radius 1 is 0.568 bits per heavy atom. The van der Waals surface area contributed by atoms with Crippen molar-refractivity contribution in [2.24, 2.45) is 11.8 Å². The van der Waals surface area contributed by atoms with E-state index in [2.05, 4.69) is 96.7 Å². The highest BCUT2D eigenvalue weighted by Gasteiger charge is 2.15. The van der Waals surface area contributed by atoms with Gasteiger partial charge in [0.15, 0.2) is 0 Å². The van der Waals surface area contributed by atoms with Gasteiger partial charge in [-0.2, -0.15) is 0 Å². The molecule has 248 valence electrons. The Morgan fingerprint density at radius 2 is 1.00 bits per heavy atom. The summed E-state index contributed by atoms with van der Waals surface area (Å²) in [6, 6.07) is 18.6. The van der Waals surface area contributed by atoms with Crippen molar-refractivity contribution in [2.45, 2.75) is 182 Å². The molecule has 44 heavy (non-hydrogen) atoms. The number of hydrogen-bond donors (Lipinski definition) is 0. The first-order valence-corrected chi connectivity index (χ1v) is 19.1. The molecule has 0 saturated carbocycles. The fourth-order valence-corrected chi connectivity index (χ4v) is 6.58. The van der Waals surface area contributed by atoms with Crippen LogP contribution in [0.15, 0.2) is 55.1 Å². The molecule has 2 aromatic rings. The number of hydrogen-bond acceptors (Lipinski definition) is 0. The Balaban J connectivity index is 1.49. The van der Waals surface area contributed by atoms with Gasteiger partial charge in [-0.3, -0.25) is 0 Å². The highest BCUT2D eigenvalue weighted by molar-refractivity contribution is 5.65. The van der Waals surface area contributed by atoms with E-state index in [4.69, 9.17) is 0 Å². The molecule has 2 atom stereocenters. The van der Waals surface area contributed by atoms with Crippen LogP contribution < -0.4 is 0 Å². The first-order chi connectivity index (χ1) is 21.2. The Hall–Kier alpha value is -1.82. The quantitative estimate of drug-likeness (QED) is 0.0994. The molecule has 2 aromatic carbocycles. The summed E-state index contributed by atoms with van der Waals surface area (Å²) >= 11 is 0. The molecule has 0 radical (unpaired) electrons. The van der Waals surface area contributed by atoms with Gasteiger partial charge in [-0.1, -0.05) is 199 Å². The van der Waals surface area contributed by atoms with E-state index in [0.717, 1.165) is 6.42 Å². The maximum absolute atomic E-state index is 4.50. The molecule has 2 rings (SSSR count). The fraction of sp³-hybridized carbons (Fsp3) is 0.682. The molecule has 0 fully saturated rings. The number of aryl methyl sites for hydroxylation is 1. The van der Waals surface area contributed by atoms with Crippen LogP contribution >= 0.6 is 0 Å². The van der Waals surface area contributed by atoms with Gasteiger partial charge in [-0.05, 0) is 77.2 Å². The minimum atomic E-state index is 0.226. The molecule has 0 aromatic heterocycles.